The normalized spacial score (nSPS) is 22.1. The molecule has 0 aromatic rings. The summed E-state index contributed by atoms with van der Waals surface area (Å²) in [7, 11) is 1.41. The molecule has 0 heterocycles. The van der Waals surface area contributed by atoms with Crippen LogP contribution in [0.3, 0.4) is 0 Å². The van der Waals surface area contributed by atoms with E-state index >= 15 is 0 Å². The third-order valence-electron chi connectivity index (χ3n) is 2.10. The van der Waals surface area contributed by atoms with E-state index in [4.69, 9.17) is 4.84 Å². The van der Waals surface area contributed by atoms with Gasteiger partial charge in [-0.1, -0.05) is 25.7 Å². The van der Waals surface area contributed by atoms with Gasteiger partial charge in [-0.25, -0.2) is 0 Å². The maximum atomic E-state index is 10.5. The van der Waals surface area contributed by atoms with Crippen LogP contribution in [-0.4, -0.2) is 18.4 Å². The standard InChI is InChI=1S/C8H16NO2/c1-9(10)11-8-6-4-2-3-5-7-8/h8H,2-7H2,1H3/q-1. The summed E-state index contributed by atoms with van der Waals surface area (Å²) in [5.41, 5.74) is 0. The molecule has 3 nitrogen and oxygen atoms in total. The third kappa shape index (κ3) is 3.70. The van der Waals surface area contributed by atoms with E-state index in [1.54, 1.807) is 0 Å². The second kappa shape index (κ2) is 4.70. The lowest BCUT2D eigenvalue weighted by Gasteiger charge is -2.27. The molecule has 1 rings (SSSR count). The van der Waals surface area contributed by atoms with Crippen molar-refractivity contribution in [3.05, 3.63) is 5.21 Å². The van der Waals surface area contributed by atoms with E-state index in [9.17, 15) is 5.21 Å². The minimum absolute atomic E-state index is 0.181. The lowest BCUT2D eigenvalue weighted by Crippen LogP contribution is -2.21. The fourth-order valence-electron chi connectivity index (χ4n) is 1.56. The highest BCUT2D eigenvalue weighted by atomic mass is 16.9. The maximum absolute atomic E-state index is 10.5. The smallest absolute Gasteiger partial charge is 0.0781 e. The summed E-state index contributed by atoms with van der Waals surface area (Å²) in [5, 5.41) is 11.1. The van der Waals surface area contributed by atoms with Gasteiger partial charge in [-0.15, -0.1) is 0 Å². The van der Waals surface area contributed by atoms with Crippen molar-refractivity contribution in [3.8, 4) is 0 Å². The predicted octanol–water partition coefficient (Wildman–Crippen LogP) is 2.07. The molecule has 0 amide bonds. The van der Waals surface area contributed by atoms with Crippen LogP contribution in [0, 0.1) is 5.21 Å². The third-order valence-corrected chi connectivity index (χ3v) is 2.10. The zero-order chi connectivity index (χ0) is 8.10. The molecule has 0 radical (unpaired) electrons. The largest absolute Gasteiger partial charge is 0.762 e. The first-order valence-corrected chi connectivity index (χ1v) is 4.36. The fraction of sp³-hybridized carbons (Fsp3) is 1.00. The number of nitrogens with zero attached hydrogens (tertiary/aromatic N) is 1. The van der Waals surface area contributed by atoms with Crippen LogP contribution in [0.15, 0.2) is 0 Å². The van der Waals surface area contributed by atoms with Crippen molar-refractivity contribution in [2.24, 2.45) is 0 Å². The van der Waals surface area contributed by atoms with Gasteiger partial charge >= 0.3 is 0 Å². The van der Waals surface area contributed by atoms with Crippen molar-refractivity contribution in [1.82, 2.24) is 5.23 Å². The van der Waals surface area contributed by atoms with Crippen molar-refractivity contribution in [2.75, 3.05) is 7.05 Å². The van der Waals surface area contributed by atoms with Crippen LogP contribution in [0.4, 0.5) is 0 Å². The minimum Gasteiger partial charge on any atom is -0.762 e. The molecule has 1 aliphatic carbocycles. The Hall–Kier alpha value is -0.120. The van der Waals surface area contributed by atoms with E-state index in [-0.39, 0.29) is 6.10 Å². The van der Waals surface area contributed by atoms with Crippen molar-refractivity contribution in [2.45, 2.75) is 44.6 Å². The molecule has 11 heavy (non-hydrogen) atoms. The van der Waals surface area contributed by atoms with Gasteiger partial charge in [-0.2, -0.15) is 0 Å². The molecule has 0 saturated heterocycles. The fourth-order valence-corrected chi connectivity index (χ4v) is 1.56. The first kappa shape index (κ1) is 8.97. The van der Waals surface area contributed by atoms with Gasteiger partial charge in [0, 0.05) is 0 Å². The molecule has 1 saturated carbocycles. The van der Waals surface area contributed by atoms with Gasteiger partial charge in [0.15, 0.2) is 0 Å². The second-order valence-electron chi connectivity index (χ2n) is 3.16. The SMILES string of the molecule is CN([O-])OC1CCCCCC1. The summed E-state index contributed by atoms with van der Waals surface area (Å²) in [6.45, 7) is 0. The Bertz CT molecular complexity index is 98.3. The van der Waals surface area contributed by atoms with E-state index in [1.165, 1.54) is 32.7 Å². The zero-order valence-corrected chi connectivity index (χ0v) is 7.08. The van der Waals surface area contributed by atoms with Gasteiger partial charge < -0.3 is 10.0 Å². The molecular formula is C8H16NO2-. The van der Waals surface area contributed by atoms with E-state index < -0.39 is 0 Å². The van der Waals surface area contributed by atoms with Crippen molar-refractivity contribution >= 4 is 0 Å². The summed E-state index contributed by atoms with van der Waals surface area (Å²) < 4.78 is 0. The van der Waals surface area contributed by atoms with Gasteiger partial charge in [0.1, 0.15) is 0 Å². The van der Waals surface area contributed by atoms with E-state index in [2.05, 4.69) is 0 Å². The van der Waals surface area contributed by atoms with Crippen LogP contribution < -0.4 is 0 Å². The van der Waals surface area contributed by atoms with Crippen molar-refractivity contribution in [1.29, 1.82) is 0 Å². The molecule has 3 heteroatoms. The monoisotopic (exact) mass is 158 g/mol. The van der Waals surface area contributed by atoms with E-state index in [0.717, 1.165) is 12.8 Å². The molecule has 0 aliphatic heterocycles. The topological polar surface area (TPSA) is 35.5 Å². The number of hydrogen-bond donors (Lipinski definition) is 0. The molecule has 0 aromatic heterocycles. The Labute approximate surface area is 67.9 Å². The first-order chi connectivity index (χ1) is 5.29. The minimum atomic E-state index is 0.181. The number of rotatable bonds is 2. The molecule has 0 bridgehead atoms. The average molecular weight is 158 g/mol. The van der Waals surface area contributed by atoms with Crippen molar-refractivity contribution in [3.63, 3.8) is 0 Å². The summed E-state index contributed by atoms with van der Waals surface area (Å²) in [6.07, 6.45) is 7.28. The maximum Gasteiger partial charge on any atom is 0.0781 e. The van der Waals surface area contributed by atoms with Gasteiger partial charge in [0.2, 0.25) is 0 Å². The van der Waals surface area contributed by atoms with Gasteiger partial charge in [-0.3, -0.25) is 5.23 Å². The highest BCUT2D eigenvalue weighted by molar-refractivity contribution is 4.63. The van der Waals surface area contributed by atoms with Crippen LogP contribution >= 0.6 is 0 Å². The Morgan fingerprint density at radius 3 is 2.18 bits per heavy atom. The van der Waals surface area contributed by atoms with Crippen LogP contribution in [0.25, 0.3) is 0 Å². The Balaban J connectivity index is 2.20. The molecule has 0 spiro atoms. The van der Waals surface area contributed by atoms with Crippen LogP contribution in [0.1, 0.15) is 38.5 Å². The molecule has 66 valence electrons. The van der Waals surface area contributed by atoms with Gasteiger partial charge in [0.25, 0.3) is 0 Å². The molecule has 0 N–H and O–H groups in total. The van der Waals surface area contributed by atoms with E-state index in [0.29, 0.717) is 5.23 Å². The molecular weight excluding hydrogens is 142 g/mol. The molecule has 0 atom stereocenters. The summed E-state index contributed by atoms with van der Waals surface area (Å²) in [6, 6.07) is 0. The summed E-state index contributed by atoms with van der Waals surface area (Å²) in [4.78, 5) is 5.05. The number of hydroxylamine groups is 2. The highest BCUT2D eigenvalue weighted by Crippen LogP contribution is 2.19. The average Bonchev–Trinajstić information content (AvgIpc) is 2.14. The lowest BCUT2D eigenvalue weighted by molar-refractivity contribution is -0.151. The van der Waals surface area contributed by atoms with Crippen LogP contribution in [0.2, 0.25) is 0 Å². The van der Waals surface area contributed by atoms with E-state index in [1.807, 2.05) is 0 Å². The first-order valence-electron chi connectivity index (χ1n) is 4.36. The highest BCUT2D eigenvalue weighted by Gasteiger charge is 2.11. The predicted molar refractivity (Wildman–Crippen MR) is 43.7 cm³/mol. The Kier molecular flexibility index (Phi) is 3.83. The molecule has 1 fully saturated rings. The van der Waals surface area contributed by atoms with Crippen LogP contribution in [0.5, 0.6) is 0 Å². The second-order valence-corrected chi connectivity index (χ2v) is 3.16. The lowest BCUT2D eigenvalue weighted by atomic mass is 10.2. The van der Waals surface area contributed by atoms with Crippen LogP contribution in [-0.2, 0) is 4.84 Å². The Morgan fingerprint density at radius 2 is 1.73 bits per heavy atom. The van der Waals surface area contributed by atoms with Gasteiger partial charge in [0.05, 0.1) is 6.10 Å². The quantitative estimate of drug-likeness (QED) is 0.456. The molecule has 1 aliphatic rings. The van der Waals surface area contributed by atoms with Crippen molar-refractivity contribution < 1.29 is 4.84 Å². The zero-order valence-electron chi connectivity index (χ0n) is 7.08. The molecule has 0 aromatic carbocycles. The summed E-state index contributed by atoms with van der Waals surface area (Å²) >= 11 is 0. The van der Waals surface area contributed by atoms with Gasteiger partial charge in [-0.05, 0) is 19.9 Å². The summed E-state index contributed by atoms with van der Waals surface area (Å²) in [5.74, 6) is 0. The Morgan fingerprint density at radius 1 is 1.18 bits per heavy atom. The molecule has 0 unspecified atom stereocenters. The number of hydrogen-bond acceptors (Lipinski definition) is 3.